The molecule has 3 saturated heterocycles. The fraction of sp³-hybridized carbons (Fsp3) is 1.00. The summed E-state index contributed by atoms with van der Waals surface area (Å²) in [4.78, 5) is 0. The molecule has 3 aliphatic carbocycles. The van der Waals surface area contributed by atoms with Crippen LogP contribution in [0.4, 0.5) is 0 Å². The molecule has 6 fully saturated rings. The molecule has 0 aromatic heterocycles. The molecule has 280 valence electrons. The Morgan fingerprint density at radius 3 is 1.69 bits per heavy atom. The molecule has 19 atom stereocenters. The van der Waals surface area contributed by atoms with Crippen molar-refractivity contribution in [3.63, 3.8) is 0 Å². The molecule has 1 spiro atoms. The summed E-state index contributed by atoms with van der Waals surface area (Å²) in [5.41, 5.74) is 0. The number of hydrogen-bond acceptors (Lipinski definition) is 0. The van der Waals surface area contributed by atoms with Crippen molar-refractivity contribution >= 4 is 10.0 Å². The van der Waals surface area contributed by atoms with E-state index >= 15 is 0 Å². The quantitative estimate of drug-likeness (QED) is 0.170. The van der Waals surface area contributed by atoms with Crippen LogP contribution < -0.4 is 0 Å². The minimum Gasteiger partial charge on any atom is -0.231 e. The van der Waals surface area contributed by atoms with E-state index in [9.17, 15) is 0 Å². The molecule has 6 rings (SSSR count). The molecule has 0 bridgehead atoms. The topological polar surface area (TPSA) is 0 Å². The average molecular weight is 683 g/mol. The summed E-state index contributed by atoms with van der Waals surface area (Å²) in [5.74, 6) is 22.8. The zero-order valence-electron chi connectivity index (χ0n) is 35.2. The molecule has 48 heavy (non-hydrogen) atoms. The van der Waals surface area contributed by atoms with Crippen molar-refractivity contribution in [3.8, 4) is 0 Å². The Balaban J connectivity index is 1.47. The minimum atomic E-state index is -0.0892. The van der Waals surface area contributed by atoms with Crippen LogP contribution in [0.2, 0.25) is 0 Å². The number of rotatable bonds is 13. The number of hydrogen-bond donors (Lipinski definition) is 0. The van der Waals surface area contributed by atoms with Crippen LogP contribution in [0, 0.1) is 130 Å². The van der Waals surface area contributed by atoms with Gasteiger partial charge in [-0.05, 0) is 184 Å². The third kappa shape index (κ3) is 6.37. The van der Waals surface area contributed by atoms with E-state index in [-0.39, 0.29) is 10.0 Å². The maximum atomic E-state index is 2.83. The van der Waals surface area contributed by atoms with Crippen molar-refractivity contribution in [2.24, 2.45) is 130 Å². The standard InChI is InChI=1S/C47H86S/c1-24(2)31(13)38-21-39-40(20-36-22-48(36)23-41(39)48)44-33(15)34(16)45(46(38)44)47(42(27(7)8)32(14)25(3)4)43(28(9)10)37(26(5)6)19-35-17-29(11)30(12)18-35/h24-47H,17-23H2,1-16H3. The Morgan fingerprint density at radius 2 is 1.17 bits per heavy atom. The molecule has 1 heteroatoms. The molecule has 3 heterocycles. The molecular formula is C47H86S. The summed E-state index contributed by atoms with van der Waals surface area (Å²) in [5, 5.41) is 2.41. The Bertz CT molecular complexity index is 1080. The third-order valence-corrected chi connectivity index (χ3v) is 23.2. The van der Waals surface area contributed by atoms with Crippen molar-refractivity contribution in [2.75, 3.05) is 11.5 Å². The van der Waals surface area contributed by atoms with Gasteiger partial charge in [0.2, 0.25) is 0 Å². The van der Waals surface area contributed by atoms with Gasteiger partial charge in [0.05, 0.1) is 0 Å². The van der Waals surface area contributed by atoms with Crippen LogP contribution in [0.25, 0.3) is 0 Å². The molecule has 3 aliphatic heterocycles. The second kappa shape index (κ2) is 14.0. The lowest BCUT2D eigenvalue weighted by atomic mass is 9.49. The van der Waals surface area contributed by atoms with Gasteiger partial charge in [0.25, 0.3) is 0 Å². The van der Waals surface area contributed by atoms with Crippen LogP contribution in [-0.2, 0) is 0 Å². The highest BCUT2D eigenvalue weighted by Crippen LogP contribution is 2.91. The molecule has 0 radical (unpaired) electrons. The molecule has 0 aromatic rings. The molecular weight excluding hydrogens is 597 g/mol. The molecule has 19 unspecified atom stereocenters. The van der Waals surface area contributed by atoms with E-state index in [0.29, 0.717) is 0 Å². The smallest absolute Gasteiger partial charge is 0.0000579 e. The summed E-state index contributed by atoms with van der Waals surface area (Å²) in [6.45, 7) is 42.5. The Labute approximate surface area is 304 Å². The molecule has 0 nitrogen and oxygen atoms in total. The monoisotopic (exact) mass is 683 g/mol. The molecule has 0 aromatic carbocycles. The van der Waals surface area contributed by atoms with Crippen molar-refractivity contribution < 1.29 is 0 Å². The van der Waals surface area contributed by atoms with Gasteiger partial charge in [-0.1, -0.05) is 111 Å². The van der Waals surface area contributed by atoms with E-state index < -0.39 is 0 Å². The lowest BCUT2D eigenvalue weighted by molar-refractivity contribution is -0.0741. The van der Waals surface area contributed by atoms with Crippen LogP contribution in [0.5, 0.6) is 0 Å². The van der Waals surface area contributed by atoms with Crippen LogP contribution in [0.15, 0.2) is 0 Å². The third-order valence-electron chi connectivity index (χ3n) is 18.6. The van der Waals surface area contributed by atoms with Gasteiger partial charge < -0.3 is 0 Å². The lowest BCUT2D eigenvalue weighted by Crippen LogP contribution is -2.51. The van der Waals surface area contributed by atoms with E-state index in [4.69, 9.17) is 0 Å². The van der Waals surface area contributed by atoms with E-state index in [1.54, 1.807) is 24.3 Å². The van der Waals surface area contributed by atoms with E-state index in [1.165, 1.54) is 29.8 Å². The van der Waals surface area contributed by atoms with Crippen molar-refractivity contribution in [1.29, 1.82) is 0 Å². The first-order valence-electron chi connectivity index (χ1n) is 22.2. The second-order valence-electron chi connectivity index (χ2n) is 22.3. The van der Waals surface area contributed by atoms with Crippen LogP contribution in [0.3, 0.4) is 0 Å². The lowest BCUT2D eigenvalue weighted by Gasteiger charge is -2.56. The van der Waals surface area contributed by atoms with Gasteiger partial charge in [-0.3, -0.25) is 0 Å². The highest BCUT2D eigenvalue weighted by Gasteiger charge is 2.74. The van der Waals surface area contributed by atoms with Gasteiger partial charge in [0.15, 0.2) is 0 Å². The minimum absolute atomic E-state index is 0.0892. The highest BCUT2D eigenvalue weighted by atomic mass is 32.3. The summed E-state index contributed by atoms with van der Waals surface area (Å²) >= 11 is 0. The van der Waals surface area contributed by atoms with Crippen LogP contribution >= 0.6 is 10.0 Å². The molecule has 6 aliphatic rings. The Kier molecular flexibility index (Phi) is 11.1. The number of fused-ring (bicyclic) bond motifs is 4. The van der Waals surface area contributed by atoms with Crippen molar-refractivity contribution in [3.05, 3.63) is 0 Å². The van der Waals surface area contributed by atoms with E-state index in [0.717, 1.165) is 130 Å². The molecule has 0 N–H and O–H groups in total. The Hall–Kier alpha value is 0.350. The molecule has 0 amide bonds. The van der Waals surface area contributed by atoms with E-state index in [2.05, 4.69) is 111 Å². The first kappa shape index (κ1) is 38.1. The maximum absolute atomic E-state index is 2.83. The van der Waals surface area contributed by atoms with Gasteiger partial charge >= 0.3 is 0 Å². The zero-order chi connectivity index (χ0) is 35.3. The zero-order valence-corrected chi connectivity index (χ0v) is 36.0. The largest absolute Gasteiger partial charge is 0.231 e. The Morgan fingerprint density at radius 1 is 0.562 bits per heavy atom. The van der Waals surface area contributed by atoms with Crippen LogP contribution in [0.1, 0.15) is 143 Å². The second-order valence-corrected chi connectivity index (χ2v) is 26.2. The van der Waals surface area contributed by atoms with Crippen LogP contribution in [-0.4, -0.2) is 22.0 Å². The fourth-order valence-electron chi connectivity index (χ4n) is 15.3. The van der Waals surface area contributed by atoms with E-state index in [1.807, 2.05) is 0 Å². The van der Waals surface area contributed by atoms with Gasteiger partial charge in [0.1, 0.15) is 0 Å². The fourth-order valence-corrected chi connectivity index (χ4v) is 20.7. The summed E-state index contributed by atoms with van der Waals surface area (Å²) in [7, 11) is -0.0892. The SMILES string of the molecule is CC(C)C(C)C1CC2C(CC3CS34CC24)C2C(C)C(C)C(C(C(C(C)C)C(C)C(C)C)C(C(C)C)C(CC3CC(C)C(C)C3)C(C)C)C12. The first-order chi connectivity index (χ1) is 22.4. The maximum Gasteiger partial charge on any atom is -0.0000579 e. The molecule has 3 saturated carbocycles. The predicted octanol–water partition coefficient (Wildman–Crippen LogP) is 13.4. The average Bonchev–Trinajstić information content (AvgIpc) is 3.85. The highest BCUT2D eigenvalue weighted by molar-refractivity contribution is 8.46. The van der Waals surface area contributed by atoms with Crippen molar-refractivity contribution in [2.45, 2.75) is 153 Å². The first-order valence-corrected chi connectivity index (χ1v) is 24.3. The van der Waals surface area contributed by atoms with Gasteiger partial charge in [-0.15, -0.1) is 0 Å². The summed E-state index contributed by atoms with van der Waals surface area (Å²) in [6, 6.07) is 0. The predicted molar refractivity (Wildman–Crippen MR) is 216 cm³/mol. The summed E-state index contributed by atoms with van der Waals surface area (Å²) in [6.07, 6.45) is 7.75. The van der Waals surface area contributed by atoms with Gasteiger partial charge in [-0.25, -0.2) is 10.0 Å². The summed E-state index contributed by atoms with van der Waals surface area (Å²) < 4.78 is 0. The van der Waals surface area contributed by atoms with Gasteiger partial charge in [0, 0.05) is 0 Å². The normalized spacial score (nSPS) is 48.4. The van der Waals surface area contributed by atoms with Crippen molar-refractivity contribution in [1.82, 2.24) is 0 Å². The van der Waals surface area contributed by atoms with Gasteiger partial charge in [-0.2, -0.15) is 0 Å².